The highest BCUT2D eigenvalue weighted by molar-refractivity contribution is 5.90. The van der Waals surface area contributed by atoms with Crippen LogP contribution in [-0.2, 0) is 30.3 Å². The molecule has 0 bridgehead atoms. The van der Waals surface area contributed by atoms with Crippen LogP contribution in [0.5, 0.6) is 0 Å². The third-order valence-corrected chi connectivity index (χ3v) is 7.50. The predicted molar refractivity (Wildman–Crippen MR) is 163 cm³/mol. The van der Waals surface area contributed by atoms with Gasteiger partial charge in [-0.05, 0) is 57.1 Å². The van der Waals surface area contributed by atoms with Crippen LogP contribution >= 0.6 is 0 Å². The Morgan fingerprint density at radius 1 is 1.07 bits per heavy atom. The fraction of sp³-hybridized carbons (Fsp3) is 0.621. The molecule has 14 nitrogen and oxygen atoms in total. The zero-order valence-corrected chi connectivity index (χ0v) is 25.0. The highest BCUT2D eigenvalue weighted by Gasteiger charge is 2.36. The molecule has 0 radical (unpaired) electrons. The van der Waals surface area contributed by atoms with Gasteiger partial charge in [-0.2, -0.15) is 0 Å². The number of ether oxygens (including phenoxy) is 1. The molecule has 2 rings (SSSR count). The lowest BCUT2D eigenvalue weighted by molar-refractivity contribution is -0.143. The van der Waals surface area contributed by atoms with Gasteiger partial charge in [-0.25, -0.2) is 4.79 Å². The number of unbranched alkanes of at least 4 members (excludes halogenated alkanes) is 1. The van der Waals surface area contributed by atoms with E-state index < -0.39 is 35.9 Å². The summed E-state index contributed by atoms with van der Waals surface area (Å²) in [5, 5.41) is 15.0. The van der Waals surface area contributed by atoms with Crippen molar-refractivity contribution < 1.29 is 29.0 Å². The largest absolute Gasteiger partial charge is 0.480 e. The van der Waals surface area contributed by atoms with Crippen LogP contribution in [0.4, 0.5) is 0 Å². The zero-order chi connectivity index (χ0) is 31.8. The van der Waals surface area contributed by atoms with Gasteiger partial charge >= 0.3 is 5.97 Å². The Hall–Kier alpha value is -3.75. The van der Waals surface area contributed by atoms with Crippen molar-refractivity contribution in [2.24, 2.45) is 33.8 Å². The van der Waals surface area contributed by atoms with Crippen LogP contribution < -0.4 is 33.6 Å². The number of carbonyl (C=O) groups excluding carboxylic acids is 3. The second-order valence-corrected chi connectivity index (χ2v) is 10.9. The third-order valence-electron chi connectivity index (χ3n) is 7.50. The summed E-state index contributed by atoms with van der Waals surface area (Å²) in [7, 11) is 1.54. The Balaban J connectivity index is 2.05. The van der Waals surface area contributed by atoms with Gasteiger partial charge in [0.1, 0.15) is 12.1 Å². The molecule has 0 aromatic heterocycles. The number of amides is 3. The van der Waals surface area contributed by atoms with Crippen LogP contribution in [-0.4, -0.2) is 97.2 Å². The standard InChI is InChI=1S/C29H48N8O6/c1-43-24-12-15-37(18-20(24)17-25(38)35-23(28(41)42)11-7-14-34-29(32)33)27(40)22(10-5-6-13-30)36-26(39)21(31)16-19-8-3-2-4-9-19/h2-4,8-9,20-24H,5-7,10-18,30-31H2,1H3,(H,35,38)(H,36,39)(H,41,42)(H4,32,33,34)/t20-,21+,22+,23+,24+/m1/s1. The number of methoxy groups -OCH3 is 1. The number of nitrogens with two attached hydrogens (primary N) is 4. The number of likely N-dealkylation sites (tertiary alicyclic amines) is 1. The van der Waals surface area contributed by atoms with Crippen molar-refractivity contribution in [1.29, 1.82) is 0 Å². The summed E-state index contributed by atoms with van der Waals surface area (Å²) in [4.78, 5) is 56.8. The molecule has 1 saturated heterocycles. The van der Waals surface area contributed by atoms with Crippen LogP contribution in [0.15, 0.2) is 35.3 Å². The molecular formula is C29H48N8O6. The number of aliphatic imine (C=N–C) groups is 1. The molecule has 11 N–H and O–H groups in total. The topological polar surface area (TPSA) is 241 Å². The van der Waals surface area contributed by atoms with E-state index in [0.29, 0.717) is 51.6 Å². The Morgan fingerprint density at radius 2 is 1.77 bits per heavy atom. The van der Waals surface area contributed by atoms with Gasteiger partial charge in [0.15, 0.2) is 5.96 Å². The van der Waals surface area contributed by atoms with Crippen molar-refractivity contribution >= 4 is 29.7 Å². The number of hydrogen-bond donors (Lipinski definition) is 7. The van der Waals surface area contributed by atoms with E-state index in [0.717, 1.165) is 5.56 Å². The van der Waals surface area contributed by atoms with Gasteiger partial charge in [0.2, 0.25) is 17.7 Å². The van der Waals surface area contributed by atoms with Gasteiger partial charge in [0, 0.05) is 39.1 Å². The van der Waals surface area contributed by atoms with E-state index in [4.69, 9.17) is 27.7 Å². The van der Waals surface area contributed by atoms with Crippen molar-refractivity contribution in [3.8, 4) is 0 Å². The van der Waals surface area contributed by atoms with E-state index >= 15 is 0 Å². The molecule has 0 unspecified atom stereocenters. The monoisotopic (exact) mass is 604 g/mol. The molecule has 240 valence electrons. The normalized spacial score (nSPS) is 18.6. The first kappa shape index (κ1) is 35.4. The van der Waals surface area contributed by atoms with E-state index in [-0.39, 0.29) is 49.8 Å². The van der Waals surface area contributed by atoms with Crippen molar-refractivity contribution in [3.05, 3.63) is 35.9 Å². The summed E-state index contributed by atoms with van der Waals surface area (Å²) < 4.78 is 5.61. The quantitative estimate of drug-likeness (QED) is 0.0615. The summed E-state index contributed by atoms with van der Waals surface area (Å²) in [5.74, 6) is -2.77. The molecule has 5 atom stereocenters. The second kappa shape index (κ2) is 18.7. The van der Waals surface area contributed by atoms with Gasteiger partial charge in [0.25, 0.3) is 0 Å². The number of carboxylic acid groups (broad SMARTS) is 1. The maximum atomic E-state index is 13.7. The van der Waals surface area contributed by atoms with E-state index in [2.05, 4.69) is 15.6 Å². The summed E-state index contributed by atoms with van der Waals surface area (Å²) >= 11 is 0. The van der Waals surface area contributed by atoms with Crippen LogP contribution in [0.3, 0.4) is 0 Å². The minimum absolute atomic E-state index is 0.0356. The minimum Gasteiger partial charge on any atom is -0.480 e. The molecule has 1 aliphatic rings. The summed E-state index contributed by atoms with van der Waals surface area (Å²) in [6.07, 6.45) is 2.73. The fourth-order valence-corrected chi connectivity index (χ4v) is 5.18. The summed E-state index contributed by atoms with van der Waals surface area (Å²) in [6, 6.07) is 6.67. The fourth-order valence-electron chi connectivity index (χ4n) is 5.18. The lowest BCUT2D eigenvalue weighted by Crippen LogP contribution is -2.56. The highest BCUT2D eigenvalue weighted by atomic mass is 16.5. The Labute approximate surface area is 252 Å². The average Bonchev–Trinajstić information content (AvgIpc) is 2.98. The lowest BCUT2D eigenvalue weighted by Gasteiger charge is -2.39. The minimum atomic E-state index is -1.16. The molecule has 1 aromatic rings. The average molecular weight is 605 g/mol. The van der Waals surface area contributed by atoms with Gasteiger partial charge < -0.3 is 48.3 Å². The smallest absolute Gasteiger partial charge is 0.326 e. The number of carboxylic acids is 1. The maximum Gasteiger partial charge on any atom is 0.326 e. The van der Waals surface area contributed by atoms with Crippen molar-refractivity contribution in [1.82, 2.24) is 15.5 Å². The highest BCUT2D eigenvalue weighted by Crippen LogP contribution is 2.24. The Morgan fingerprint density at radius 3 is 2.40 bits per heavy atom. The molecule has 0 saturated carbocycles. The second-order valence-electron chi connectivity index (χ2n) is 10.9. The van der Waals surface area contributed by atoms with E-state index in [1.807, 2.05) is 30.3 Å². The zero-order valence-electron chi connectivity index (χ0n) is 25.0. The van der Waals surface area contributed by atoms with E-state index in [1.54, 1.807) is 12.0 Å². The van der Waals surface area contributed by atoms with Gasteiger partial charge in [-0.1, -0.05) is 30.3 Å². The molecule has 0 spiro atoms. The first-order valence-electron chi connectivity index (χ1n) is 14.7. The predicted octanol–water partition coefficient (Wildman–Crippen LogP) is -0.953. The van der Waals surface area contributed by atoms with Crippen molar-refractivity contribution in [2.75, 3.05) is 33.3 Å². The van der Waals surface area contributed by atoms with Crippen LogP contribution in [0.25, 0.3) is 0 Å². The third kappa shape index (κ3) is 12.6. The number of rotatable bonds is 18. The molecule has 3 amide bonds. The van der Waals surface area contributed by atoms with Crippen LogP contribution in [0.2, 0.25) is 0 Å². The van der Waals surface area contributed by atoms with Crippen LogP contribution in [0, 0.1) is 5.92 Å². The first-order chi connectivity index (χ1) is 20.5. The van der Waals surface area contributed by atoms with E-state index in [9.17, 15) is 24.3 Å². The maximum absolute atomic E-state index is 13.7. The molecule has 14 heteroatoms. The lowest BCUT2D eigenvalue weighted by atomic mass is 9.90. The molecule has 0 aliphatic carbocycles. The Bertz CT molecular complexity index is 1070. The van der Waals surface area contributed by atoms with Crippen molar-refractivity contribution in [3.63, 3.8) is 0 Å². The number of benzene rings is 1. The molecule has 1 fully saturated rings. The SMILES string of the molecule is CO[C@H]1CCN(C(=O)[C@H](CCCCN)NC(=O)[C@@H](N)Cc2ccccc2)C[C@H]1CC(=O)N[C@@H](CCCN=C(N)N)C(=O)O. The van der Waals surface area contributed by atoms with E-state index in [1.165, 1.54) is 0 Å². The number of guanidine groups is 1. The number of nitrogens with zero attached hydrogens (tertiary/aromatic N) is 2. The first-order valence-corrected chi connectivity index (χ1v) is 14.7. The number of hydrogen-bond acceptors (Lipinski definition) is 8. The van der Waals surface area contributed by atoms with Gasteiger partial charge in [-0.3, -0.25) is 19.4 Å². The van der Waals surface area contributed by atoms with Crippen LogP contribution in [0.1, 0.15) is 50.5 Å². The molecule has 1 aliphatic heterocycles. The Kier molecular flexibility index (Phi) is 15.4. The molecule has 1 aromatic carbocycles. The van der Waals surface area contributed by atoms with Gasteiger partial charge in [0.05, 0.1) is 12.1 Å². The summed E-state index contributed by atoms with van der Waals surface area (Å²) in [6.45, 7) is 1.31. The number of nitrogens with one attached hydrogen (secondary N) is 2. The van der Waals surface area contributed by atoms with Crippen molar-refractivity contribution in [2.45, 2.75) is 75.6 Å². The van der Waals surface area contributed by atoms with Gasteiger partial charge in [-0.15, -0.1) is 0 Å². The molecule has 1 heterocycles. The molecular weight excluding hydrogens is 556 g/mol. The number of carbonyl (C=O) groups is 4. The number of aliphatic carboxylic acids is 1. The number of piperidine rings is 1. The summed E-state index contributed by atoms with van der Waals surface area (Å²) in [5.41, 5.74) is 23.3. The molecule has 43 heavy (non-hydrogen) atoms.